The van der Waals surface area contributed by atoms with E-state index in [1.54, 1.807) is 21.9 Å². The molecule has 0 saturated carbocycles. The molecule has 2 N–H and O–H groups in total. The number of benzene rings is 2. The van der Waals surface area contributed by atoms with Crippen molar-refractivity contribution in [3.63, 3.8) is 0 Å². The lowest BCUT2D eigenvalue weighted by molar-refractivity contribution is -0.120. The largest absolute Gasteiger partial charge is 0.506 e. The second-order valence-corrected chi connectivity index (χ2v) is 8.44. The number of halogens is 2. The number of carbonyl (C=O) groups is 2. The molecule has 6 nitrogen and oxygen atoms in total. The highest BCUT2D eigenvalue weighted by Gasteiger charge is 2.62. The number of amides is 2. The van der Waals surface area contributed by atoms with E-state index in [1.165, 1.54) is 24.3 Å². The van der Waals surface area contributed by atoms with Gasteiger partial charge in [0.25, 0.3) is 0 Å². The summed E-state index contributed by atoms with van der Waals surface area (Å²) in [5, 5.41) is 20.6. The van der Waals surface area contributed by atoms with E-state index in [2.05, 4.69) is 0 Å². The van der Waals surface area contributed by atoms with Crippen LogP contribution in [0.5, 0.6) is 11.5 Å². The maximum Gasteiger partial charge on any atom is 0.232 e. The van der Waals surface area contributed by atoms with Crippen molar-refractivity contribution >= 4 is 46.4 Å². The summed E-state index contributed by atoms with van der Waals surface area (Å²) in [5.41, 5.74) is -0.0361. The summed E-state index contributed by atoms with van der Waals surface area (Å²) < 4.78 is 0. The summed E-state index contributed by atoms with van der Waals surface area (Å²) in [4.78, 5) is 29.4. The van der Waals surface area contributed by atoms with Gasteiger partial charge in [-0.1, -0.05) is 37.0 Å². The lowest BCUT2D eigenvalue weighted by Crippen LogP contribution is -2.59. The van der Waals surface area contributed by atoms with Gasteiger partial charge in [-0.15, -0.1) is 0 Å². The van der Waals surface area contributed by atoms with E-state index in [1.807, 2.05) is 13.8 Å². The fraction of sp³-hybridized carbons (Fsp3) is 0.333. The number of aromatic hydroxyl groups is 2. The summed E-state index contributed by atoms with van der Waals surface area (Å²) in [5.74, 6) is -1.11. The summed E-state index contributed by atoms with van der Waals surface area (Å²) in [6, 6.07) is 9.24. The number of anilines is 2. The molecule has 29 heavy (non-hydrogen) atoms. The standard InChI is InChI=1S/C21H20Cl2N2O4/c1-11-12(2)21(25(20(11)29)14-4-6-16(23)18(27)10-14)8-7-19(28)24(21)13-3-5-15(22)17(26)9-13/h3-6,9-12,26-27H,7-8H2,1-2H3. The van der Waals surface area contributed by atoms with Gasteiger partial charge in [-0.05, 0) is 30.7 Å². The highest BCUT2D eigenvalue weighted by molar-refractivity contribution is 6.32. The lowest BCUT2D eigenvalue weighted by atomic mass is 9.86. The number of phenolic OH excluding ortho intramolecular Hbond substituents is 2. The van der Waals surface area contributed by atoms with Crippen molar-refractivity contribution in [2.24, 2.45) is 11.8 Å². The van der Waals surface area contributed by atoms with Crippen molar-refractivity contribution in [3.05, 3.63) is 46.4 Å². The number of hydrogen-bond acceptors (Lipinski definition) is 4. The minimum atomic E-state index is -0.964. The second-order valence-electron chi connectivity index (χ2n) is 7.63. The van der Waals surface area contributed by atoms with Gasteiger partial charge in [-0.25, -0.2) is 0 Å². The Bertz CT molecular complexity index is 1030. The average molecular weight is 435 g/mol. The molecule has 0 aromatic heterocycles. The Morgan fingerprint density at radius 2 is 1.45 bits per heavy atom. The van der Waals surface area contributed by atoms with Crippen LogP contribution in [0.4, 0.5) is 11.4 Å². The molecule has 2 amide bonds. The molecule has 0 bridgehead atoms. The number of nitrogens with zero attached hydrogens (tertiary/aromatic N) is 2. The molecule has 8 heteroatoms. The first-order chi connectivity index (χ1) is 13.7. The molecule has 2 aromatic rings. The van der Waals surface area contributed by atoms with Crippen molar-refractivity contribution in [1.29, 1.82) is 0 Å². The Labute approximate surface area is 178 Å². The van der Waals surface area contributed by atoms with Crippen LogP contribution in [0, 0.1) is 11.8 Å². The molecule has 2 aliphatic heterocycles. The van der Waals surface area contributed by atoms with Gasteiger partial charge in [0.1, 0.15) is 17.2 Å². The maximum atomic E-state index is 13.3. The first-order valence-electron chi connectivity index (χ1n) is 9.32. The predicted molar refractivity (Wildman–Crippen MR) is 111 cm³/mol. The maximum absolute atomic E-state index is 13.3. The minimum absolute atomic E-state index is 0.139. The van der Waals surface area contributed by atoms with Crippen molar-refractivity contribution < 1.29 is 19.8 Å². The van der Waals surface area contributed by atoms with Gasteiger partial charge in [-0.3, -0.25) is 19.4 Å². The van der Waals surface area contributed by atoms with Crippen molar-refractivity contribution in [2.75, 3.05) is 9.80 Å². The van der Waals surface area contributed by atoms with Crippen molar-refractivity contribution in [2.45, 2.75) is 32.4 Å². The van der Waals surface area contributed by atoms with Gasteiger partial charge >= 0.3 is 0 Å². The van der Waals surface area contributed by atoms with Crippen LogP contribution >= 0.6 is 23.2 Å². The van der Waals surface area contributed by atoms with Crippen LogP contribution in [-0.2, 0) is 9.59 Å². The van der Waals surface area contributed by atoms with Crippen LogP contribution < -0.4 is 9.80 Å². The number of rotatable bonds is 2. The molecular formula is C21H20Cl2N2O4. The smallest absolute Gasteiger partial charge is 0.232 e. The van der Waals surface area contributed by atoms with Crippen LogP contribution in [0.2, 0.25) is 10.0 Å². The predicted octanol–water partition coefficient (Wildman–Crippen LogP) is 4.55. The summed E-state index contributed by atoms with van der Waals surface area (Å²) in [7, 11) is 0. The van der Waals surface area contributed by atoms with Crippen molar-refractivity contribution in [1.82, 2.24) is 0 Å². The van der Waals surface area contributed by atoms with Gasteiger partial charge in [0, 0.05) is 41.8 Å². The van der Waals surface area contributed by atoms with E-state index in [4.69, 9.17) is 23.2 Å². The van der Waals surface area contributed by atoms with E-state index in [9.17, 15) is 19.8 Å². The third-order valence-corrected chi connectivity index (χ3v) is 6.83. The van der Waals surface area contributed by atoms with Gasteiger partial charge in [0.05, 0.1) is 10.0 Å². The third kappa shape index (κ3) is 2.77. The first kappa shape index (κ1) is 19.9. The molecule has 2 saturated heterocycles. The van der Waals surface area contributed by atoms with Crippen LogP contribution in [0.1, 0.15) is 26.7 Å². The van der Waals surface area contributed by atoms with Crippen LogP contribution in [0.25, 0.3) is 0 Å². The Hall–Kier alpha value is -2.44. The van der Waals surface area contributed by atoms with Crippen LogP contribution in [0.15, 0.2) is 36.4 Å². The zero-order chi connectivity index (χ0) is 21.1. The molecule has 0 radical (unpaired) electrons. The molecule has 2 fully saturated rings. The topological polar surface area (TPSA) is 81.1 Å². The Kier molecular flexibility index (Phi) is 4.67. The molecule has 2 aliphatic rings. The quantitative estimate of drug-likeness (QED) is 0.726. The molecule has 1 spiro atoms. The first-order valence-corrected chi connectivity index (χ1v) is 10.1. The molecular weight excluding hydrogens is 415 g/mol. The average Bonchev–Trinajstić information content (AvgIpc) is 3.11. The summed E-state index contributed by atoms with van der Waals surface area (Å²) in [6.45, 7) is 3.78. The van der Waals surface area contributed by atoms with E-state index >= 15 is 0 Å². The number of hydrogen-bond donors (Lipinski definition) is 2. The Morgan fingerprint density at radius 3 is 1.97 bits per heavy atom. The van der Waals surface area contributed by atoms with Crippen LogP contribution in [-0.4, -0.2) is 27.7 Å². The lowest BCUT2D eigenvalue weighted by Gasteiger charge is -2.45. The highest BCUT2D eigenvalue weighted by Crippen LogP contribution is 2.53. The molecule has 3 atom stereocenters. The van der Waals surface area contributed by atoms with E-state index in [0.29, 0.717) is 17.8 Å². The zero-order valence-electron chi connectivity index (χ0n) is 15.9. The molecule has 2 heterocycles. The monoisotopic (exact) mass is 434 g/mol. The Morgan fingerprint density at radius 1 is 0.931 bits per heavy atom. The van der Waals surface area contributed by atoms with Crippen molar-refractivity contribution in [3.8, 4) is 11.5 Å². The molecule has 4 rings (SSSR count). The van der Waals surface area contributed by atoms with Crippen LogP contribution in [0.3, 0.4) is 0 Å². The molecule has 2 aromatic carbocycles. The SMILES string of the molecule is CC1C(=O)N(c2ccc(Cl)c(O)c2)C2(CCC(=O)N2c2ccc(Cl)c(O)c2)C1C. The zero-order valence-corrected chi connectivity index (χ0v) is 17.4. The number of phenols is 2. The second kappa shape index (κ2) is 6.82. The van der Waals surface area contributed by atoms with E-state index in [-0.39, 0.29) is 51.6 Å². The highest BCUT2D eigenvalue weighted by atomic mass is 35.5. The van der Waals surface area contributed by atoms with Gasteiger partial charge < -0.3 is 10.2 Å². The normalized spacial score (nSPS) is 26.8. The van der Waals surface area contributed by atoms with E-state index in [0.717, 1.165) is 0 Å². The minimum Gasteiger partial charge on any atom is -0.506 e. The van der Waals surface area contributed by atoms with E-state index < -0.39 is 5.66 Å². The number of carbonyl (C=O) groups excluding carboxylic acids is 2. The fourth-order valence-electron chi connectivity index (χ4n) is 4.58. The third-order valence-electron chi connectivity index (χ3n) is 6.20. The van der Waals surface area contributed by atoms with Gasteiger partial charge in [0.15, 0.2) is 0 Å². The molecule has 3 unspecified atom stereocenters. The molecule has 0 aliphatic carbocycles. The summed E-state index contributed by atoms with van der Waals surface area (Å²) >= 11 is 11.9. The summed E-state index contributed by atoms with van der Waals surface area (Å²) in [6.07, 6.45) is 0.680. The fourth-order valence-corrected chi connectivity index (χ4v) is 4.82. The van der Waals surface area contributed by atoms with Gasteiger partial charge in [0.2, 0.25) is 11.8 Å². The van der Waals surface area contributed by atoms with Gasteiger partial charge in [-0.2, -0.15) is 0 Å². The molecule has 152 valence electrons. The Balaban J connectivity index is 1.92.